The number of carbonyl (C=O) groups excluding carboxylic acids is 2. The minimum Gasteiger partial charge on any atom is -0.484 e. The second-order valence-corrected chi connectivity index (χ2v) is 9.29. The van der Waals surface area contributed by atoms with E-state index in [9.17, 15) is 9.59 Å². The van der Waals surface area contributed by atoms with Gasteiger partial charge in [0, 0.05) is 38.4 Å². The predicted octanol–water partition coefficient (Wildman–Crippen LogP) is 3.26. The molecule has 0 radical (unpaired) electrons. The number of amides is 1. The second kappa shape index (κ2) is 7.96. The number of hydrogen-bond donors (Lipinski definition) is 2. The summed E-state index contributed by atoms with van der Waals surface area (Å²) in [5, 5.41) is 3.04. The molecule has 3 heterocycles. The fraction of sp³-hybridized carbons (Fsp3) is 0.478. The summed E-state index contributed by atoms with van der Waals surface area (Å²) >= 11 is 0. The van der Waals surface area contributed by atoms with Gasteiger partial charge >= 0.3 is 6.09 Å². The third-order valence-electron chi connectivity index (χ3n) is 5.75. The average Bonchev–Trinajstić information content (AvgIpc) is 2.99. The SMILES string of the molecule is CC(=O)c1ncc(N)nc1N1CCC2(CC1)Oc1ccccc1[C@H]2NC(=O)OC(C)(C)C. The monoisotopic (exact) mass is 439 g/mol. The van der Waals surface area contributed by atoms with E-state index in [0.717, 1.165) is 11.3 Å². The van der Waals surface area contributed by atoms with Crippen molar-refractivity contribution in [2.45, 2.75) is 57.8 Å². The van der Waals surface area contributed by atoms with Crippen LogP contribution in [-0.4, -0.2) is 46.1 Å². The van der Waals surface area contributed by atoms with Gasteiger partial charge in [0.15, 0.2) is 11.6 Å². The lowest BCUT2D eigenvalue weighted by atomic mass is 9.82. The van der Waals surface area contributed by atoms with E-state index >= 15 is 0 Å². The number of nitrogens with one attached hydrogen (secondary N) is 1. The molecule has 32 heavy (non-hydrogen) atoms. The first-order chi connectivity index (χ1) is 15.1. The van der Waals surface area contributed by atoms with Gasteiger partial charge in [-0.3, -0.25) is 4.79 Å². The van der Waals surface area contributed by atoms with E-state index in [1.165, 1.54) is 13.1 Å². The Bertz CT molecular complexity index is 1040. The molecule has 0 aliphatic carbocycles. The molecule has 2 aliphatic rings. The molecule has 9 heteroatoms. The number of fused-ring (bicyclic) bond motifs is 1. The van der Waals surface area contributed by atoms with Crippen LogP contribution in [0.15, 0.2) is 30.5 Å². The number of ether oxygens (including phenoxy) is 2. The van der Waals surface area contributed by atoms with E-state index in [1.807, 2.05) is 49.9 Å². The Morgan fingerprint density at radius 2 is 1.94 bits per heavy atom. The lowest BCUT2D eigenvalue weighted by molar-refractivity contribution is 0.0149. The van der Waals surface area contributed by atoms with Crippen molar-refractivity contribution in [3.05, 3.63) is 41.7 Å². The van der Waals surface area contributed by atoms with Crippen molar-refractivity contribution in [2.75, 3.05) is 23.7 Å². The molecule has 1 spiro atoms. The number of benzene rings is 1. The fourth-order valence-corrected chi connectivity index (χ4v) is 4.36. The number of nitrogens with two attached hydrogens (primary N) is 1. The lowest BCUT2D eigenvalue weighted by Gasteiger charge is -2.42. The topological polar surface area (TPSA) is 120 Å². The summed E-state index contributed by atoms with van der Waals surface area (Å²) in [6.07, 6.45) is 2.12. The van der Waals surface area contributed by atoms with Crippen LogP contribution >= 0.6 is 0 Å². The van der Waals surface area contributed by atoms with E-state index in [-0.39, 0.29) is 17.6 Å². The number of nitrogen functional groups attached to an aromatic ring is 1. The van der Waals surface area contributed by atoms with E-state index in [4.69, 9.17) is 15.2 Å². The zero-order chi connectivity index (χ0) is 23.1. The van der Waals surface area contributed by atoms with Crippen LogP contribution in [0.5, 0.6) is 5.75 Å². The molecule has 9 nitrogen and oxygen atoms in total. The molecule has 1 amide bonds. The van der Waals surface area contributed by atoms with Crippen LogP contribution in [0.25, 0.3) is 0 Å². The smallest absolute Gasteiger partial charge is 0.408 e. The van der Waals surface area contributed by atoms with Crippen LogP contribution in [0.1, 0.15) is 62.6 Å². The lowest BCUT2D eigenvalue weighted by Crippen LogP contribution is -2.54. The Hall–Kier alpha value is -3.36. The van der Waals surface area contributed by atoms with Crippen molar-refractivity contribution >= 4 is 23.5 Å². The van der Waals surface area contributed by atoms with Gasteiger partial charge in [-0.2, -0.15) is 0 Å². The van der Waals surface area contributed by atoms with Crippen molar-refractivity contribution in [3.63, 3.8) is 0 Å². The van der Waals surface area contributed by atoms with Crippen LogP contribution in [0, 0.1) is 0 Å². The predicted molar refractivity (Wildman–Crippen MR) is 120 cm³/mol. The first-order valence-electron chi connectivity index (χ1n) is 10.7. The van der Waals surface area contributed by atoms with Crippen molar-refractivity contribution in [3.8, 4) is 5.75 Å². The number of para-hydroxylation sites is 1. The van der Waals surface area contributed by atoms with E-state index in [0.29, 0.717) is 37.4 Å². The van der Waals surface area contributed by atoms with Crippen LogP contribution in [0.4, 0.5) is 16.4 Å². The normalized spacial score (nSPS) is 19.2. The van der Waals surface area contributed by atoms with Gasteiger partial charge in [-0.05, 0) is 26.8 Å². The molecule has 1 aromatic heterocycles. The third kappa shape index (κ3) is 4.19. The molecule has 3 N–H and O–H groups in total. The van der Waals surface area contributed by atoms with E-state index in [2.05, 4.69) is 15.3 Å². The fourth-order valence-electron chi connectivity index (χ4n) is 4.36. The van der Waals surface area contributed by atoms with Crippen molar-refractivity contribution in [1.29, 1.82) is 0 Å². The summed E-state index contributed by atoms with van der Waals surface area (Å²) in [4.78, 5) is 35.2. The Labute approximate surface area is 187 Å². The zero-order valence-electron chi connectivity index (χ0n) is 18.8. The summed E-state index contributed by atoms with van der Waals surface area (Å²) in [6.45, 7) is 8.10. The number of aromatic nitrogens is 2. The number of piperidine rings is 1. The Balaban J connectivity index is 1.58. The highest BCUT2D eigenvalue weighted by Gasteiger charge is 2.51. The quantitative estimate of drug-likeness (QED) is 0.700. The highest BCUT2D eigenvalue weighted by molar-refractivity contribution is 5.97. The number of ketones is 1. The van der Waals surface area contributed by atoms with Crippen LogP contribution in [-0.2, 0) is 4.74 Å². The molecule has 4 rings (SSSR count). The summed E-state index contributed by atoms with van der Waals surface area (Å²) in [5.41, 5.74) is 5.84. The van der Waals surface area contributed by atoms with Gasteiger partial charge in [0.1, 0.15) is 34.5 Å². The second-order valence-electron chi connectivity index (χ2n) is 9.29. The molecule has 0 bridgehead atoms. The minimum absolute atomic E-state index is 0.165. The van der Waals surface area contributed by atoms with Gasteiger partial charge in [0.2, 0.25) is 0 Å². The number of alkyl carbamates (subject to hydrolysis) is 1. The van der Waals surface area contributed by atoms with Crippen molar-refractivity contribution < 1.29 is 19.1 Å². The maximum absolute atomic E-state index is 12.6. The Kier molecular flexibility index (Phi) is 5.44. The molecule has 2 aromatic rings. The van der Waals surface area contributed by atoms with Gasteiger partial charge in [-0.15, -0.1) is 0 Å². The molecule has 1 aromatic carbocycles. The summed E-state index contributed by atoms with van der Waals surface area (Å²) in [6, 6.07) is 7.38. The molecule has 1 atom stereocenters. The number of anilines is 2. The standard InChI is InChI=1S/C23H29N5O4/c1-14(29)18-20(26-17(24)13-25-18)28-11-9-23(10-12-28)19(27-21(30)32-22(2,3)4)15-7-5-6-8-16(15)31-23/h5-8,13,19H,9-12H2,1-4H3,(H2,24,26)(H,27,30)/t19-/m1/s1. The van der Waals surface area contributed by atoms with E-state index < -0.39 is 17.3 Å². The number of hydrogen-bond acceptors (Lipinski definition) is 8. The summed E-state index contributed by atoms with van der Waals surface area (Å²) in [7, 11) is 0. The van der Waals surface area contributed by atoms with E-state index in [1.54, 1.807) is 0 Å². The molecular formula is C23H29N5O4. The summed E-state index contributed by atoms with van der Waals surface area (Å²) in [5.74, 6) is 1.34. The van der Waals surface area contributed by atoms with Gasteiger partial charge in [0.25, 0.3) is 0 Å². The maximum Gasteiger partial charge on any atom is 0.408 e. The maximum atomic E-state index is 12.6. The molecule has 170 valence electrons. The minimum atomic E-state index is -0.624. The molecule has 0 saturated carbocycles. The number of carbonyl (C=O) groups is 2. The average molecular weight is 440 g/mol. The molecule has 1 saturated heterocycles. The Morgan fingerprint density at radius 1 is 1.25 bits per heavy atom. The molecular weight excluding hydrogens is 410 g/mol. The number of Topliss-reactive ketones (excluding diaryl/α,β-unsaturated/α-hetero) is 1. The molecule has 0 unspecified atom stereocenters. The molecule has 2 aliphatic heterocycles. The highest BCUT2D eigenvalue weighted by Crippen LogP contribution is 2.48. The van der Waals surface area contributed by atoms with Gasteiger partial charge in [-0.25, -0.2) is 14.8 Å². The first-order valence-corrected chi connectivity index (χ1v) is 10.7. The van der Waals surface area contributed by atoms with Crippen LogP contribution in [0.2, 0.25) is 0 Å². The largest absolute Gasteiger partial charge is 0.484 e. The van der Waals surface area contributed by atoms with Gasteiger partial charge in [-0.1, -0.05) is 18.2 Å². The first kappa shape index (κ1) is 21.9. The highest BCUT2D eigenvalue weighted by atomic mass is 16.6. The summed E-state index contributed by atoms with van der Waals surface area (Å²) < 4.78 is 11.9. The molecule has 1 fully saturated rings. The third-order valence-corrected chi connectivity index (χ3v) is 5.75. The van der Waals surface area contributed by atoms with Crippen LogP contribution in [0.3, 0.4) is 0 Å². The van der Waals surface area contributed by atoms with Gasteiger partial charge < -0.3 is 25.4 Å². The van der Waals surface area contributed by atoms with Crippen molar-refractivity contribution in [1.82, 2.24) is 15.3 Å². The van der Waals surface area contributed by atoms with Crippen molar-refractivity contribution in [2.24, 2.45) is 0 Å². The number of rotatable bonds is 3. The Morgan fingerprint density at radius 3 is 2.59 bits per heavy atom. The number of nitrogens with zero attached hydrogens (tertiary/aromatic N) is 3. The van der Waals surface area contributed by atoms with Crippen LogP contribution < -0.4 is 20.7 Å². The van der Waals surface area contributed by atoms with Gasteiger partial charge in [0.05, 0.1) is 6.20 Å². The zero-order valence-corrected chi connectivity index (χ0v) is 18.8.